The minimum atomic E-state index is -0.367. The maximum Gasteiger partial charge on any atom is 0.310 e. The van der Waals surface area contributed by atoms with Crippen LogP contribution in [-0.4, -0.2) is 14.7 Å². The maximum absolute atomic E-state index is 10.7. The highest BCUT2D eigenvalue weighted by molar-refractivity contribution is 5.34. The minimum absolute atomic E-state index is 0.0912. The minimum Gasteiger partial charge on any atom is -0.265 e. The summed E-state index contributed by atoms with van der Waals surface area (Å²) in [5.74, 6) is 0.0912. The zero-order chi connectivity index (χ0) is 10.7. The van der Waals surface area contributed by atoms with Gasteiger partial charge in [0, 0.05) is 12.5 Å². The van der Waals surface area contributed by atoms with E-state index in [9.17, 15) is 10.1 Å². The Hall–Kier alpha value is -1.39. The van der Waals surface area contributed by atoms with Crippen molar-refractivity contribution in [2.45, 2.75) is 39.7 Å². The van der Waals surface area contributed by atoms with E-state index >= 15 is 0 Å². The third-order valence-electron chi connectivity index (χ3n) is 1.97. The fourth-order valence-electron chi connectivity index (χ4n) is 1.32. The lowest BCUT2D eigenvalue weighted by molar-refractivity contribution is -0.385. The van der Waals surface area contributed by atoms with E-state index < -0.39 is 0 Å². The highest BCUT2D eigenvalue weighted by Gasteiger charge is 2.21. The SMILES string of the molecule is CCCn1cc([N+](=O)[O-])c(C(C)C)n1. The second-order valence-corrected chi connectivity index (χ2v) is 3.57. The first-order valence-corrected chi connectivity index (χ1v) is 4.78. The molecule has 0 aromatic carbocycles. The van der Waals surface area contributed by atoms with Crippen molar-refractivity contribution in [1.82, 2.24) is 9.78 Å². The predicted molar refractivity (Wildman–Crippen MR) is 53.3 cm³/mol. The monoisotopic (exact) mass is 197 g/mol. The molecule has 5 heteroatoms. The van der Waals surface area contributed by atoms with Crippen LogP contribution in [0.1, 0.15) is 38.8 Å². The van der Waals surface area contributed by atoms with Crippen molar-refractivity contribution in [3.05, 3.63) is 22.0 Å². The first-order chi connectivity index (χ1) is 6.56. The van der Waals surface area contributed by atoms with Crippen molar-refractivity contribution in [2.75, 3.05) is 0 Å². The van der Waals surface area contributed by atoms with Gasteiger partial charge in [-0.15, -0.1) is 0 Å². The van der Waals surface area contributed by atoms with Crippen molar-refractivity contribution >= 4 is 5.69 Å². The second-order valence-electron chi connectivity index (χ2n) is 3.57. The zero-order valence-electron chi connectivity index (χ0n) is 8.73. The topological polar surface area (TPSA) is 61.0 Å². The van der Waals surface area contributed by atoms with E-state index in [1.165, 1.54) is 6.20 Å². The summed E-state index contributed by atoms with van der Waals surface area (Å²) < 4.78 is 1.65. The summed E-state index contributed by atoms with van der Waals surface area (Å²) in [6.07, 6.45) is 2.44. The molecule has 0 saturated carbocycles. The average molecular weight is 197 g/mol. The molecule has 0 aliphatic rings. The number of aromatic nitrogens is 2. The predicted octanol–water partition coefficient (Wildman–Crippen LogP) is 2.32. The molecule has 1 aromatic rings. The molecule has 0 aliphatic heterocycles. The highest BCUT2D eigenvalue weighted by atomic mass is 16.6. The van der Waals surface area contributed by atoms with Crippen molar-refractivity contribution in [1.29, 1.82) is 0 Å². The molecule has 0 radical (unpaired) electrons. The molecular formula is C9H15N3O2. The van der Waals surface area contributed by atoms with Gasteiger partial charge in [-0.25, -0.2) is 0 Å². The van der Waals surface area contributed by atoms with Gasteiger partial charge in [0.1, 0.15) is 11.9 Å². The molecule has 5 nitrogen and oxygen atoms in total. The van der Waals surface area contributed by atoms with Gasteiger partial charge in [-0.2, -0.15) is 5.10 Å². The largest absolute Gasteiger partial charge is 0.310 e. The van der Waals surface area contributed by atoms with Crippen molar-refractivity contribution < 1.29 is 4.92 Å². The van der Waals surface area contributed by atoms with Crippen LogP contribution < -0.4 is 0 Å². The Morgan fingerprint density at radius 3 is 2.64 bits per heavy atom. The summed E-state index contributed by atoms with van der Waals surface area (Å²) in [7, 11) is 0. The quantitative estimate of drug-likeness (QED) is 0.549. The summed E-state index contributed by atoms with van der Waals surface area (Å²) >= 11 is 0. The Bertz CT molecular complexity index is 331. The summed E-state index contributed by atoms with van der Waals surface area (Å²) in [5.41, 5.74) is 0.705. The van der Waals surface area contributed by atoms with Crippen LogP contribution in [0.2, 0.25) is 0 Å². The third-order valence-corrected chi connectivity index (χ3v) is 1.97. The number of aryl methyl sites for hydroxylation is 1. The number of nitrogens with zero attached hydrogens (tertiary/aromatic N) is 3. The van der Waals surface area contributed by atoms with Gasteiger partial charge in [-0.05, 0) is 6.42 Å². The molecule has 14 heavy (non-hydrogen) atoms. The molecule has 0 N–H and O–H groups in total. The van der Waals surface area contributed by atoms with Crippen LogP contribution in [0.25, 0.3) is 0 Å². The second kappa shape index (κ2) is 4.21. The van der Waals surface area contributed by atoms with Crippen molar-refractivity contribution in [2.24, 2.45) is 0 Å². The number of rotatable bonds is 4. The maximum atomic E-state index is 10.7. The zero-order valence-corrected chi connectivity index (χ0v) is 8.73. The van der Waals surface area contributed by atoms with Crippen molar-refractivity contribution in [3.8, 4) is 0 Å². The van der Waals surface area contributed by atoms with Crippen molar-refractivity contribution in [3.63, 3.8) is 0 Å². The van der Waals surface area contributed by atoms with E-state index in [-0.39, 0.29) is 16.5 Å². The summed E-state index contributed by atoms with van der Waals surface area (Å²) in [4.78, 5) is 10.3. The van der Waals surface area contributed by atoms with Gasteiger partial charge in [0.15, 0.2) is 0 Å². The van der Waals surface area contributed by atoms with Crippen LogP contribution >= 0.6 is 0 Å². The fraction of sp³-hybridized carbons (Fsp3) is 0.667. The van der Waals surface area contributed by atoms with Crippen LogP contribution in [0.5, 0.6) is 0 Å². The molecule has 1 aromatic heterocycles. The van der Waals surface area contributed by atoms with Gasteiger partial charge in [-0.3, -0.25) is 14.8 Å². The number of hydrogen-bond donors (Lipinski definition) is 0. The van der Waals surface area contributed by atoms with Crippen LogP contribution in [-0.2, 0) is 6.54 Å². The molecule has 1 heterocycles. The van der Waals surface area contributed by atoms with Gasteiger partial charge in [-0.1, -0.05) is 20.8 Å². The van der Waals surface area contributed by atoms with Gasteiger partial charge >= 0.3 is 5.69 Å². The Labute approximate surface area is 82.9 Å². The first-order valence-electron chi connectivity index (χ1n) is 4.78. The van der Waals surface area contributed by atoms with E-state index in [1.807, 2.05) is 20.8 Å². The summed E-state index contributed by atoms with van der Waals surface area (Å²) in [6, 6.07) is 0. The standard InChI is InChI=1S/C9H15N3O2/c1-4-5-11-6-8(12(13)14)9(10-11)7(2)3/h6-7H,4-5H2,1-3H3. The number of hydrogen-bond acceptors (Lipinski definition) is 3. The van der Waals surface area contributed by atoms with Gasteiger partial charge in [0.2, 0.25) is 0 Å². The molecule has 0 bridgehead atoms. The smallest absolute Gasteiger partial charge is 0.265 e. The molecule has 0 spiro atoms. The molecule has 0 atom stereocenters. The van der Waals surface area contributed by atoms with Gasteiger partial charge < -0.3 is 0 Å². The van der Waals surface area contributed by atoms with Gasteiger partial charge in [0.25, 0.3) is 0 Å². The third kappa shape index (κ3) is 2.10. The lowest BCUT2D eigenvalue weighted by atomic mass is 10.1. The molecule has 0 unspecified atom stereocenters. The lowest BCUT2D eigenvalue weighted by Gasteiger charge is -1.98. The fourth-order valence-corrected chi connectivity index (χ4v) is 1.32. The summed E-state index contributed by atoms with van der Waals surface area (Å²) in [5, 5.41) is 14.9. The molecule has 0 saturated heterocycles. The van der Waals surface area contributed by atoms with Crippen LogP contribution in [0.3, 0.4) is 0 Å². The molecular weight excluding hydrogens is 182 g/mol. The first kappa shape index (κ1) is 10.7. The molecule has 0 fully saturated rings. The van der Waals surface area contributed by atoms with E-state index in [0.717, 1.165) is 13.0 Å². The highest BCUT2D eigenvalue weighted by Crippen LogP contribution is 2.24. The van der Waals surface area contributed by atoms with E-state index in [0.29, 0.717) is 5.69 Å². The lowest BCUT2D eigenvalue weighted by Crippen LogP contribution is -1.99. The van der Waals surface area contributed by atoms with E-state index in [2.05, 4.69) is 5.10 Å². The van der Waals surface area contributed by atoms with Gasteiger partial charge in [0.05, 0.1) is 4.92 Å². The Kier molecular flexibility index (Phi) is 3.22. The Balaban J connectivity index is 3.06. The van der Waals surface area contributed by atoms with Crippen LogP contribution in [0.4, 0.5) is 5.69 Å². The van der Waals surface area contributed by atoms with E-state index in [4.69, 9.17) is 0 Å². The van der Waals surface area contributed by atoms with Crippen LogP contribution in [0.15, 0.2) is 6.20 Å². The Morgan fingerprint density at radius 2 is 2.29 bits per heavy atom. The molecule has 0 amide bonds. The molecule has 0 aliphatic carbocycles. The molecule has 78 valence electrons. The average Bonchev–Trinajstić information content (AvgIpc) is 2.49. The van der Waals surface area contributed by atoms with Crippen LogP contribution in [0, 0.1) is 10.1 Å². The number of nitro groups is 1. The normalized spacial score (nSPS) is 10.9. The Morgan fingerprint density at radius 1 is 1.64 bits per heavy atom. The summed E-state index contributed by atoms with van der Waals surface area (Å²) in [6.45, 7) is 6.56. The van der Waals surface area contributed by atoms with E-state index in [1.54, 1.807) is 4.68 Å². The molecule has 1 rings (SSSR count).